The molecule has 40 heavy (non-hydrogen) atoms. The van der Waals surface area contributed by atoms with Crippen molar-refractivity contribution < 1.29 is 33.0 Å². The molecule has 5 rings (SSSR count). The number of nitrogens with one attached hydrogen (secondary N) is 2. The number of hydrogen-bond acceptors (Lipinski definition) is 8. The van der Waals surface area contributed by atoms with E-state index in [0.29, 0.717) is 48.7 Å². The first-order chi connectivity index (χ1) is 19.3. The minimum Gasteiger partial charge on any atom is -0.487 e. The summed E-state index contributed by atoms with van der Waals surface area (Å²) in [6.45, 7) is 1.81. The first kappa shape index (κ1) is 27.1. The second-order valence-corrected chi connectivity index (χ2v) is 9.20. The molecule has 3 aromatic heterocycles. The topological polar surface area (TPSA) is 140 Å². The van der Waals surface area contributed by atoms with Crippen LogP contribution in [-0.2, 0) is 16.1 Å². The lowest BCUT2D eigenvalue weighted by atomic mass is 10.1. The van der Waals surface area contributed by atoms with Gasteiger partial charge in [-0.25, -0.2) is 18.3 Å². The van der Waals surface area contributed by atoms with Crippen LogP contribution in [0, 0.1) is 18.6 Å². The Morgan fingerprint density at radius 3 is 2.77 bits per heavy atom. The number of aromatic nitrogens is 4. The fourth-order valence-electron chi connectivity index (χ4n) is 4.29. The van der Waals surface area contributed by atoms with Gasteiger partial charge in [-0.3, -0.25) is 14.6 Å². The summed E-state index contributed by atoms with van der Waals surface area (Å²) in [5, 5.41) is 18.5. The van der Waals surface area contributed by atoms with Crippen LogP contribution in [0.5, 0.6) is 5.75 Å². The molecular weight excluding hydrogens is 526 g/mol. The molecule has 0 unspecified atom stereocenters. The zero-order chi connectivity index (χ0) is 28.2. The number of hydrogen-bond donors (Lipinski definition) is 3. The number of rotatable bonds is 8. The van der Waals surface area contributed by atoms with Gasteiger partial charge < -0.3 is 25.2 Å². The summed E-state index contributed by atoms with van der Waals surface area (Å²) in [6.07, 6.45) is 3.94. The van der Waals surface area contributed by atoms with Crippen molar-refractivity contribution in [2.24, 2.45) is 0 Å². The van der Waals surface area contributed by atoms with Gasteiger partial charge in [-0.2, -0.15) is 5.10 Å². The lowest BCUT2D eigenvalue weighted by Gasteiger charge is -2.25. The lowest BCUT2D eigenvalue weighted by molar-refractivity contribution is -0.118. The maximum absolute atomic E-state index is 14.6. The Balaban J connectivity index is 1.34. The number of aliphatic hydroxyl groups is 1. The van der Waals surface area contributed by atoms with Crippen LogP contribution in [0.2, 0.25) is 0 Å². The molecule has 13 heteroatoms. The SMILES string of the molecule is Cc1ncc(-c2ccc3nc(NC(=O)CO)cn3n2)cc1C(=O)NCc1cc(F)cc(F)c1OC1CCOCC1. The third-order valence-corrected chi connectivity index (χ3v) is 6.34. The highest BCUT2D eigenvalue weighted by Crippen LogP contribution is 2.28. The van der Waals surface area contributed by atoms with E-state index in [1.165, 1.54) is 10.7 Å². The van der Waals surface area contributed by atoms with E-state index in [9.17, 15) is 18.4 Å². The summed E-state index contributed by atoms with van der Waals surface area (Å²) in [7, 11) is 0. The molecule has 0 bridgehead atoms. The zero-order valence-corrected chi connectivity index (χ0v) is 21.5. The number of fused-ring (bicyclic) bond motifs is 1. The van der Waals surface area contributed by atoms with E-state index in [0.717, 1.165) is 12.1 Å². The number of carbonyl (C=O) groups is 2. The van der Waals surface area contributed by atoms with Crippen LogP contribution in [0.1, 0.15) is 34.5 Å². The number of aryl methyl sites for hydroxylation is 1. The summed E-state index contributed by atoms with van der Waals surface area (Å²) >= 11 is 0. The second-order valence-electron chi connectivity index (χ2n) is 9.20. The highest BCUT2D eigenvalue weighted by atomic mass is 19.1. The van der Waals surface area contributed by atoms with Gasteiger partial charge in [0.15, 0.2) is 23.0 Å². The van der Waals surface area contributed by atoms with Crippen molar-refractivity contribution in [3.05, 3.63) is 71.2 Å². The number of carbonyl (C=O) groups excluding carboxylic acids is 2. The molecule has 3 N–H and O–H groups in total. The van der Waals surface area contributed by atoms with Gasteiger partial charge in [0, 0.05) is 42.8 Å². The molecule has 1 fully saturated rings. The summed E-state index contributed by atoms with van der Waals surface area (Å²) in [5.74, 6) is -2.59. The average molecular weight is 553 g/mol. The number of imidazole rings is 1. The molecule has 11 nitrogen and oxygen atoms in total. The number of amides is 2. The van der Waals surface area contributed by atoms with Crippen LogP contribution >= 0.6 is 0 Å². The van der Waals surface area contributed by atoms with Crippen molar-refractivity contribution in [1.82, 2.24) is 24.9 Å². The number of ether oxygens (including phenoxy) is 2. The van der Waals surface area contributed by atoms with Gasteiger partial charge in [0.2, 0.25) is 0 Å². The fourth-order valence-corrected chi connectivity index (χ4v) is 4.29. The predicted molar refractivity (Wildman–Crippen MR) is 139 cm³/mol. The Hall–Kier alpha value is -4.49. The summed E-state index contributed by atoms with van der Waals surface area (Å²) in [4.78, 5) is 33.1. The molecule has 1 saturated heterocycles. The Morgan fingerprint density at radius 2 is 2.00 bits per heavy atom. The standard InChI is InChI=1S/C27H26F2N6O5/c1-15-20(9-16(11-30-15)22-2-3-24-32-23(13-35(24)34-22)33-25(37)14-36)27(38)31-12-17-8-18(28)10-21(29)26(17)40-19-4-6-39-7-5-19/h2-3,8-11,13,19,36H,4-7,12,14H2,1H3,(H,31,38)(H,33,37). The van der Waals surface area contributed by atoms with Gasteiger partial charge in [0.25, 0.3) is 11.8 Å². The average Bonchev–Trinajstić information content (AvgIpc) is 3.35. The van der Waals surface area contributed by atoms with Crippen LogP contribution in [0.3, 0.4) is 0 Å². The Morgan fingerprint density at radius 1 is 1.20 bits per heavy atom. The molecule has 0 atom stereocenters. The number of pyridine rings is 1. The van der Waals surface area contributed by atoms with E-state index in [2.05, 4.69) is 25.7 Å². The van der Waals surface area contributed by atoms with Crippen molar-refractivity contribution in [1.29, 1.82) is 0 Å². The molecular formula is C27H26F2N6O5. The summed E-state index contributed by atoms with van der Waals surface area (Å²) in [6, 6.07) is 6.87. The molecule has 208 valence electrons. The molecule has 1 aliphatic heterocycles. The first-order valence-electron chi connectivity index (χ1n) is 12.6. The van der Waals surface area contributed by atoms with E-state index in [1.807, 2.05) is 0 Å². The fraction of sp³-hybridized carbons (Fsp3) is 0.296. The molecule has 0 aliphatic carbocycles. The summed E-state index contributed by atoms with van der Waals surface area (Å²) < 4.78 is 41.3. The van der Waals surface area contributed by atoms with Crippen LogP contribution < -0.4 is 15.4 Å². The van der Waals surface area contributed by atoms with Crippen molar-refractivity contribution in [3.63, 3.8) is 0 Å². The summed E-state index contributed by atoms with van der Waals surface area (Å²) in [5.41, 5.74) is 2.35. The van der Waals surface area contributed by atoms with Crippen LogP contribution in [-0.4, -0.2) is 62.4 Å². The maximum atomic E-state index is 14.6. The largest absolute Gasteiger partial charge is 0.487 e. The Labute approximate surface area is 227 Å². The number of anilines is 1. The molecule has 4 aromatic rings. The van der Waals surface area contributed by atoms with Crippen molar-refractivity contribution in [3.8, 4) is 17.0 Å². The quantitative estimate of drug-likeness (QED) is 0.303. The Bertz CT molecular complexity index is 1570. The third kappa shape index (κ3) is 6.05. The smallest absolute Gasteiger partial charge is 0.253 e. The molecule has 1 aromatic carbocycles. The minimum atomic E-state index is -0.837. The minimum absolute atomic E-state index is 0.0930. The van der Waals surface area contributed by atoms with E-state index in [4.69, 9.17) is 14.6 Å². The number of aliphatic hydroxyl groups excluding tert-OH is 1. The van der Waals surface area contributed by atoms with Crippen LogP contribution in [0.4, 0.5) is 14.6 Å². The molecule has 0 radical (unpaired) electrons. The van der Waals surface area contributed by atoms with Gasteiger partial charge in [0.05, 0.1) is 36.4 Å². The first-order valence-corrected chi connectivity index (χ1v) is 12.6. The Kier molecular flexibility index (Phi) is 7.94. The van der Waals surface area contributed by atoms with Crippen molar-refractivity contribution >= 4 is 23.3 Å². The third-order valence-electron chi connectivity index (χ3n) is 6.34. The van der Waals surface area contributed by atoms with Gasteiger partial charge in [-0.15, -0.1) is 0 Å². The van der Waals surface area contributed by atoms with E-state index in [1.54, 1.807) is 31.3 Å². The number of halogens is 2. The maximum Gasteiger partial charge on any atom is 0.253 e. The van der Waals surface area contributed by atoms with E-state index >= 15 is 0 Å². The molecule has 0 spiro atoms. The molecule has 0 saturated carbocycles. The van der Waals surface area contributed by atoms with Gasteiger partial charge >= 0.3 is 0 Å². The van der Waals surface area contributed by atoms with Crippen molar-refractivity contribution in [2.45, 2.75) is 32.4 Å². The highest BCUT2D eigenvalue weighted by molar-refractivity contribution is 5.96. The lowest BCUT2D eigenvalue weighted by Crippen LogP contribution is -2.28. The van der Waals surface area contributed by atoms with Gasteiger partial charge in [0.1, 0.15) is 18.5 Å². The van der Waals surface area contributed by atoms with Crippen LogP contribution in [0.25, 0.3) is 16.9 Å². The normalized spacial score (nSPS) is 13.8. The van der Waals surface area contributed by atoms with E-state index < -0.39 is 30.1 Å². The molecule has 4 heterocycles. The number of nitrogens with zero attached hydrogens (tertiary/aromatic N) is 4. The van der Waals surface area contributed by atoms with Crippen LogP contribution in [0.15, 0.2) is 42.7 Å². The highest BCUT2D eigenvalue weighted by Gasteiger charge is 2.21. The van der Waals surface area contributed by atoms with Gasteiger partial charge in [-0.1, -0.05) is 0 Å². The zero-order valence-electron chi connectivity index (χ0n) is 21.5. The molecule has 1 aliphatic rings. The predicted octanol–water partition coefficient (Wildman–Crippen LogP) is 2.80. The van der Waals surface area contributed by atoms with Crippen molar-refractivity contribution in [2.75, 3.05) is 25.1 Å². The van der Waals surface area contributed by atoms with Gasteiger partial charge in [-0.05, 0) is 31.2 Å². The number of benzene rings is 1. The molecule has 2 amide bonds. The van der Waals surface area contributed by atoms with E-state index in [-0.39, 0.29) is 35.3 Å². The second kappa shape index (κ2) is 11.7. The monoisotopic (exact) mass is 552 g/mol.